The molecule has 5 heteroatoms. The van der Waals surface area contributed by atoms with Gasteiger partial charge < -0.3 is 0 Å². The molecule has 0 aliphatic heterocycles. The molecule has 0 bridgehead atoms. The molecule has 0 radical (unpaired) electrons. The maximum absolute atomic E-state index is 11.1. The SMILES string of the molecule is O=CC(=C1CC1)C(C[N+](=O)[O-])c1ccc(Cl)cc1. The van der Waals surface area contributed by atoms with Crippen molar-refractivity contribution in [1.29, 1.82) is 0 Å². The maximum Gasteiger partial charge on any atom is 0.214 e. The van der Waals surface area contributed by atoms with Crippen LogP contribution in [0.5, 0.6) is 0 Å². The summed E-state index contributed by atoms with van der Waals surface area (Å²) in [7, 11) is 0. The molecule has 0 spiro atoms. The predicted molar refractivity (Wildman–Crippen MR) is 68.4 cm³/mol. The average Bonchev–Trinajstić information content (AvgIpc) is 3.14. The topological polar surface area (TPSA) is 60.2 Å². The van der Waals surface area contributed by atoms with Crippen molar-refractivity contribution in [3.05, 3.63) is 56.1 Å². The zero-order chi connectivity index (χ0) is 13.1. The molecule has 1 aliphatic carbocycles. The van der Waals surface area contributed by atoms with E-state index in [-0.39, 0.29) is 11.5 Å². The van der Waals surface area contributed by atoms with Crippen molar-refractivity contribution >= 4 is 17.9 Å². The van der Waals surface area contributed by atoms with Crippen molar-refractivity contribution in [3.63, 3.8) is 0 Å². The fraction of sp³-hybridized carbons (Fsp3) is 0.308. The molecule has 94 valence electrons. The second kappa shape index (κ2) is 5.31. The third-order valence-electron chi connectivity index (χ3n) is 3.01. The molecule has 0 N–H and O–H groups in total. The number of halogens is 1. The number of nitrogens with zero attached hydrogens (tertiary/aromatic N) is 1. The number of benzene rings is 1. The Morgan fingerprint density at radius 1 is 1.39 bits per heavy atom. The Labute approximate surface area is 109 Å². The standard InChI is InChI=1S/C13H12ClNO3/c14-11-5-3-9(4-6-11)12(7-15(17)18)13(8-16)10-1-2-10/h3-6,8,12H,1-2,7H2. The van der Waals surface area contributed by atoms with Gasteiger partial charge in [-0.3, -0.25) is 14.9 Å². The summed E-state index contributed by atoms with van der Waals surface area (Å²) in [5, 5.41) is 11.3. The van der Waals surface area contributed by atoms with Gasteiger partial charge in [-0.05, 0) is 30.5 Å². The number of hydrogen-bond acceptors (Lipinski definition) is 3. The maximum atomic E-state index is 11.1. The van der Waals surface area contributed by atoms with Crippen molar-refractivity contribution in [3.8, 4) is 0 Å². The first kappa shape index (κ1) is 12.8. The van der Waals surface area contributed by atoms with E-state index in [1.165, 1.54) is 0 Å². The fourth-order valence-electron chi connectivity index (χ4n) is 1.99. The zero-order valence-electron chi connectivity index (χ0n) is 9.64. The number of aldehydes is 1. The van der Waals surface area contributed by atoms with Gasteiger partial charge in [0.05, 0.1) is 5.92 Å². The summed E-state index contributed by atoms with van der Waals surface area (Å²) in [6.45, 7) is -0.265. The molecular weight excluding hydrogens is 254 g/mol. The van der Waals surface area contributed by atoms with Gasteiger partial charge in [0.15, 0.2) is 0 Å². The Hall–Kier alpha value is -1.68. The van der Waals surface area contributed by atoms with Crippen LogP contribution >= 0.6 is 11.6 Å². The molecule has 0 saturated heterocycles. The lowest BCUT2D eigenvalue weighted by Crippen LogP contribution is -2.15. The first-order valence-corrected chi connectivity index (χ1v) is 6.04. The van der Waals surface area contributed by atoms with E-state index in [0.29, 0.717) is 10.6 Å². The Balaban J connectivity index is 2.36. The van der Waals surface area contributed by atoms with Gasteiger partial charge in [0, 0.05) is 15.5 Å². The highest BCUT2D eigenvalue weighted by Gasteiger charge is 2.28. The molecule has 1 fully saturated rings. The second-order valence-electron chi connectivity index (χ2n) is 4.30. The molecule has 1 aromatic rings. The fourth-order valence-corrected chi connectivity index (χ4v) is 2.12. The minimum absolute atomic E-state index is 0.265. The van der Waals surface area contributed by atoms with Crippen LogP contribution in [0.3, 0.4) is 0 Å². The van der Waals surface area contributed by atoms with Crippen LogP contribution in [0.1, 0.15) is 24.3 Å². The minimum Gasteiger partial charge on any atom is -0.298 e. The van der Waals surface area contributed by atoms with Crippen LogP contribution in [0.4, 0.5) is 0 Å². The monoisotopic (exact) mass is 265 g/mol. The molecule has 0 aromatic heterocycles. The number of rotatable bonds is 5. The van der Waals surface area contributed by atoms with Crippen LogP contribution in [0.25, 0.3) is 0 Å². The summed E-state index contributed by atoms with van der Waals surface area (Å²) in [4.78, 5) is 21.5. The van der Waals surface area contributed by atoms with Gasteiger partial charge in [0.25, 0.3) is 0 Å². The summed E-state index contributed by atoms with van der Waals surface area (Å²) in [5.41, 5.74) is 2.36. The predicted octanol–water partition coefficient (Wildman–Crippen LogP) is 2.99. The number of allylic oxidation sites excluding steroid dienone is 1. The average molecular weight is 266 g/mol. The Bertz CT molecular complexity index is 501. The highest BCUT2D eigenvalue weighted by molar-refractivity contribution is 6.30. The smallest absolute Gasteiger partial charge is 0.214 e. The van der Waals surface area contributed by atoms with Gasteiger partial charge in [-0.15, -0.1) is 0 Å². The highest BCUT2D eigenvalue weighted by Crippen LogP contribution is 2.37. The van der Waals surface area contributed by atoms with Crippen LogP contribution in [-0.2, 0) is 4.79 Å². The van der Waals surface area contributed by atoms with Gasteiger partial charge >= 0.3 is 0 Å². The lowest BCUT2D eigenvalue weighted by Gasteiger charge is -2.13. The van der Waals surface area contributed by atoms with E-state index in [9.17, 15) is 14.9 Å². The van der Waals surface area contributed by atoms with Gasteiger partial charge in [0.1, 0.15) is 6.29 Å². The first-order chi connectivity index (χ1) is 8.61. The van der Waals surface area contributed by atoms with Crippen molar-refractivity contribution in [2.45, 2.75) is 18.8 Å². The van der Waals surface area contributed by atoms with E-state index >= 15 is 0 Å². The zero-order valence-corrected chi connectivity index (χ0v) is 10.4. The first-order valence-electron chi connectivity index (χ1n) is 5.66. The normalized spacial score (nSPS) is 15.1. The van der Waals surface area contributed by atoms with E-state index in [1.807, 2.05) is 0 Å². The molecule has 1 atom stereocenters. The van der Waals surface area contributed by atoms with Crippen LogP contribution in [0, 0.1) is 10.1 Å². The number of hydrogen-bond donors (Lipinski definition) is 0. The lowest BCUT2D eigenvalue weighted by atomic mass is 9.91. The molecule has 1 aliphatic rings. The second-order valence-corrected chi connectivity index (χ2v) is 4.73. The van der Waals surface area contributed by atoms with Crippen molar-refractivity contribution in [2.24, 2.45) is 0 Å². The number of nitro groups is 1. The third kappa shape index (κ3) is 2.96. The van der Waals surface area contributed by atoms with Gasteiger partial charge in [-0.25, -0.2) is 0 Å². The van der Waals surface area contributed by atoms with Crippen LogP contribution in [0.2, 0.25) is 5.02 Å². The molecule has 2 rings (SSSR count). The molecule has 1 unspecified atom stereocenters. The van der Waals surface area contributed by atoms with Crippen LogP contribution in [-0.4, -0.2) is 17.8 Å². The highest BCUT2D eigenvalue weighted by atomic mass is 35.5. The minimum atomic E-state index is -0.465. The summed E-state index contributed by atoms with van der Waals surface area (Å²) in [5.74, 6) is -0.465. The Morgan fingerprint density at radius 2 is 2.00 bits per heavy atom. The molecule has 1 aromatic carbocycles. The number of carbonyl (C=O) groups excluding carboxylic acids is 1. The molecule has 0 heterocycles. The quantitative estimate of drug-likeness (QED) is 0.356. The molecular formula is C13H12ClNO3. The largest absolute Gasteiger partial charge is 0.298 e. The third-order valence-corrected chi connectivity index (χ3v) is 3.27. The summed E-state index contributed by atoms with van der Waals surface area (Å²) >= 11 is 5.80. The van der Waals surface area contributed by atoms with Gasteiger partial charge in [0.2, 0.25) is 6.54 Å². The van der Waals surface area contributed by atoms with E-state index in [4.69, 9.17) is 11.6 Å². The summed E-state index contributed by atoms with van der Waals surface area (Å²) < 4.78 is 0. The Kier molecular flexibility index (Phi) is 3.77. The van der Waals surface area contributed by atoms with E-state index < -0.39 is 5.92 Å². The lowest BCUT2D eigenvalue weighted by molar-refractivity contribution is -0.481. The van der Waals surface area contributed by atoms with E-state index in [2.05, 4.69) is 0 Å². The van der Waals surface area contributed by atoms with Crippen molar-refractivity contribution in [1.82, 2.24) is 0 Å². The molecule has 18 heavy (non-hydrogen) atoms. The van der Waals surface area contributed by atoms with Gasteiger partial charge in [-0.1, -0.05) is 29.3 Å². The van der Waals surface area contributed by atoms with Crippen molar-refractivity contribution < 1.29 is 9.72 Å². The van der Waals surface area contributed by atoms with Gasteiger partial charge in [-0.2, -0.15) is 0 Å². The van der Waals surface area contributed by atoms with E-state index in [0.717, 1.165) is 30.3 Å². The van der Waals surface area contributed by atoms with E-state index in [1.54, 1.807) is 24.3 Å². The van der Waals surface area contributed by atoms with Crippen molar-refractivity contribution in [2.75, 3.05) is 6.54 Å². The summed E-state index contributed by atoms with van der Waals surface area (Å²) in [6.07, 6.45) is 2.50. The van der Waals surface area contributed by atoms with Crippen LogP contribution in [0.15, 0.2) is 35.4 Å². The molecule has 4 nitrogen and oxygen atoms in total. The van der Waals surface area contributed by atoms with Crippen LogP contribution < -0.4 is 0 Å². The molecule has 0 amide bonds. The molecule has 1 saturated carbocycles. The summed E-state index contributed by atoms with van der Waals surface area (Å²) in [6, 6.07) is 6.85. The Morgan fingerprint density at radius 3 is 2.44 bits per heavy atom. The number of carbonyl (C=O) groups is 1.